The normalized spacial score (nSPS) is 12.0. The molecule has 0 bridgehead atoms. The third-order valence-electron chi connectivity index (χ3n) is 4.66. The maximum atomic E-state index is 12.1. The smallest absolute Gasteiger partial charge is 0.234 e. The Morgan fingerprint density at radius 1 is 0.902 bits per heavy atom. The van der Waals surface area contributed by atoms with Crippen LogP contribution in [0.1, 0.15) is 17.9 Å². The summed E-state index contributed by atoms with van der Waals surface area (Å²) >= 11 is 1.13. The number of phenolic OH excluding ortho intramolecular Hbond substituents is 1. The Bertz CT molecular complexity index is 1640. The van der Waals surface area contributed by atoms with Gasteiger partial charge in [0.1, 0.15) is 5.75 Å². The lowest BCUT2D eigenvalue weighted by molar-refractivity contribution is -0.121. The molecule has 3 N–H and O–H groups in total. The molecule has 41 heavy (non-hydrogen) atoms. The second kappa shape index (κ2) is 20.1. The summed E-state index contributed by atoms with van der Waals surface area (Å²) in [6.45, 7) is 13.0. The number of benzene rings is 2. The topological polar surface area (TPSA) is 102 Å². The Balaban J connectivity index is 0.000000497. The highest BCUT2D eigenvalue weighted by Crippen LogP contribution is 2.36. The molecule has 0 saturated carbocycles. The Kier molecular flexibility index (Phi) is 16.2. The van der Waals surface area contributed by atoms with Gasteiger partial charge in [0, 0.05) is 18.0 Å². The van der Waals surface area contributed by atoms with Gasteiger partial charge in [0.25, 0.3) is 0 Å². The molecular formula is C34H25N3O3S. The van der Waals surface area contributed by atoms with E-state index >= 15 is 0 Å². The summed E-state index contributed by atoms with van der Waals surface area (Å²) < 4.78 is 0. The van der Waals surface area contributed by atoms with Crippen molar-refractivity contribution >= 4 is 29.3 Å². The highest BCUT2D eigenvalue weighted by atomic mass is 32.2. The maximum absolute atomic E-state index is 12.1. The minimum absolute atomic E-state index is 0.0674. The van der Waals surface area contributed by atoms with Gasteiger partial charge < -0.3 is 15.7 Å². The molecule has 1 unspecified atom stereocenters. The largest absolute Gasteiger partial charge is 0.508 e. The van der Waals surface area contributed by atoms with E-state index in [1.165, 1.54) is 12.1 Å². The first kappa shape index (κ1) is 33.1. The summed E-state index contributed by atoms with van der Waals surface area (Å²) in [5.41, 5.74) is 25.9. The molecule has 200 valence electrons. The van der Waals surface area contributed by atoms with E-state index in [1.807, 2.05) is 18.2 Å². The van der Waals surface area contributed by atoms with Crippen LogP contribution in [-0.4, -0.2) is 22.7 Å². The number of carbonyl (C=O) groups is 2. The highest BCUT2D eigenvalue weighted by Gasteiger charge is 2.29. The molecular weight excluding hydrogens is 530 g/mol. The summed E-state index contributed by atoms with van der Waals surface area (Å²) in [6.07, 6.45) is 0.147. The van der Waals surface area contributed by atoms with Gasteiger partial charge in [0.05, 0.1) is 22.4 Å². The van der Waals surface area contributed by atoms with Crippen LogP contribution in [0.3, 0.4) is 0 Å². The molecule has 0 aromatic heterocycles. The number of hydrogen-bond acceptors (Lipinski definition) is 5. The number of hydrogen-bond donors (Lipinski definition) is 3. The third kappa shape index (κ3) is 13.4. The standard InChI is InChI=1S/C20H17N3O3S.C8H4.C6H4/c21-11-17-16(13-6-8-15(24)9-7-13)10-18(25)23-20(17)27-12-19(26)22-14-4-2-1-3-5-14;1-3-5-7-8-6-4-2;1-3-5-6-4-2/h1-9,16,24H,10,12H2,(H,22,26)(H,23,25);1-2H2;1-2H2. The fourth-order valence-electron chi connectivity index (χ4n) is 3.02. The first-order chi connectivity index (χ1) is 19.9. The van der Waals surface area contributed by atoms with Gasteiger partial charge in [-0.2, -0.15) is 5.26 Å². The first-order valence-electron chi connectivity index (χ1n) is 11.7. The van der Waals surface area contributed by atoms with E-state index < -0.39 is 5.92 Å². The summed E-state index contributed by atoms with van der Waals surface area (Å²) in [6, 6.07) is 17.7. The predicted octanol–water partition coefficient (Wildman–Crippen LogP) is 6.26. The van der Waals surface area contributed by atoms with Gasteiger partial charge in [0.15, 0.2) is 0 Å². The van der Waals surface area contributed by atoms with Crippen LogP contribution in [0.4, 0.5) is 5.69 Å². The number of aromatic hydroxyl groups is 1. The maximum Gasteiger partial charge on any atom is 0.234 e. The molecule has 3 rings (SSSR count). The van der Waals surface area contributed by atoms with Crippen molar-refractivity contribution in [1.82, 2.24) is 5.32 Å². The highest BCUT2D eigenvalue weighted by molar-refractivity contribution is 8.03. The number of para-hydroxylation sites is 1. The molecule has 2 aromatic carbocycles. The molecule has 0 spiro atoms. The van der Waals surface area contributed by atoms with E-state index in [0.29, 0.717) is 16.3 Å². The molecule has 1 heterocycles. The molecule has 0 saturated heterocycles. The summed E-state index contributed by atoms with van der Waals surface area (Å²) in [5.74, 6) is -0.648. The average molecular weight is 556 g/mol. The predicted molar refractivity (Wildman–Crippen MR) is 161 cm³/mol. The van der Waals surface area contributed by atoms with E-state index in [9.17, 15) is 20.0 Å². The van der Waals surface area contributed by atoms with Crippen molar-refractivity contribution < 1.29 is 14.7 Å². The van der Waals surface area contributed by atoms with Gasteiger partial charge in [-0.3, -0.25) is 9.59 Å². The van der Waals surface area contributed by atoms with Crippen molar-refractivity contribution in [1.29, 1.82) is 5.26 Å². The number of nitrogens with zero attached hydrogens (tertiary/aromatic N) is 1. The SMILES string of the molecule is C=C=C=C=C=C.C=C=C=C=C=C=C=C.N#CC1=C(SCC(=O)Nc2ccccc2)NC(=O)CC1c1ccc(O)cc1. The zero-order valence-corrected chi connectivity index (χ0v) is 23.0. The minimum atomic E-state index is -0.399. The number of amides is 2. The lowest BCUT2D eigenvalue weighted by Crippen LogP contribution is -2.31. The van der Waals surface area contributed by atoms with Crippen molar-refractivity contribution in [3.63, 3.8) is 0 Å². The minimum Gasteiger partial charge on any atom is -0.508 e. The van der Waals surface area contributed by atoms with E-state index in [-0.39, 0.29) is 29.7 Å². The van der Waals surface area contributed by atoms with Gasteiger partial charge in [0.2, 0.25) is 11.8 Å². The van der Waals surface area contributed by atoms with Gasteiger partial charge in [-0.05, 0) is 90.5 Å². The van der Waals surface area contributed by atoms with Crippen molar-refractivity contribution in [2.75, 3.05) is 11.1 Å². The van der Waals surface area contributed by atoms with Crippen LogP contribution in [0, 0.1) is 11.3 Å². The van der Waals surface area contributed by atoms with Gasteiger partial charge >= 0.3 is 0 Å². The zero-order chi connectivity index (χ0) is 30.3. The van der Waals surface area contributed by atoms with Gasteiger partial charge in [-0.15, -0.1) is 0 Å². The monoisotopic (exact) mass is 555 g/mol. The summed E-state index contributed by atoms with van der Waals surface area (Å²) in [7, 11) is 0. The third-order valence-corrected chi connectivity index (χ3v) is 5.68. The number of rotatable bonds is 5. The molecule has 1 atom stereocenters. The second-order valence-electron chi connectivity index (χ2n) is 7.41. The summed E-state index contributed by atoms with van der Waals surface area (Å²) in [4.78, 5) is 24.2. The van der Waals surface area contributed by atoms with E-state index in [0.717, 1.165) is 17.3 Å². The molecule has 0 fully saturated rings. The van der Waals surface area contributed by atoms with Crippen LogP contribution < -0.4 is 10.6 Å². The fourth-order valence-corrected chi connectivity index (χ4v) is 3.90. The lowest BCUT2D eigenvalue weighted by Gasteiger charge is -2.25. The van der Waals surface area contributed by atoms with Crippen LogP contribution in [-0.2, 0) is 9.59 Å². The second-order valence-corrected chi connectivity index (χ2v) is 8.40. The van der Waals surface area contributed by atoms with Crippen molar-refractivity contribution in [2.45, 2.75) is 12.3 Å². The number of thioether (sulfide) groups is 1. The molecule has 1 aliphatic heterocycles. The zero-order valence-electron chi connectivity index (χ0n) is 22.1. The van der Waals surface area contributed by atoms with E-state index in [1.54, 1.807) is 24.3 Å². The fraction of sp³-hybridized carbons (Fsp3) is 0.0882. The molecule has 2 aromatic rings. The molecule has 1 aliphatic rings. The van der Waals surface area contributed by atoms with Crippen LogP contribution in [0.2, 0.25) is 0 Å². The average Bonchev–Trinajstić information content (AvgIpc) is 2.98. The van der Waals surface area contributed by atoms with Crippen LogP contribution >= 0.6 is 11.8 Å². The number of allylic oxidation sites excluding steroid dienone is 1. The van der Waals surface area contributed by atoms with Crippen molar-refractivity contribution in [2.24, 2.45) is 0 Å². The first-order valence-corrected chi connectivity index (χ1v) is 12.7. The van der Waals surface area contributed by atoms with Crippen molar-refractivity contribution in [3.8, 4) is 11.8 Å². The number of carbonyl (C=O) groups excluding carboxylic acids is 2. The van der Waals surface area contributed by atoms with Gasteiger partial charge in [-0.25, -0.2) is 0 Å². The Morgan fingerprint density at radius 2 is 1.44 bits per heavy atom. The van der Waals surface area contributed by atoms with Crippen LogP contribution in [0.25, 0.3) is 0 Å². The van der Waals surface area contributed by atoms with Crippen LogP contribution in [0.5, 0.6) is 5.75 Å². The molecule has 6 nitrogen and oxygen atoms in total. The quantitative estimate of drug-likeness (QED) is 0.378. The Labute approximate surface area is 243 Å². The lowest BCUT2D eigenvalue weighted by atomic mass is 9.87. The molecule has 0 radical (unpaired) electrons. The number of phenols is 1. The molecule has 2 amide bonds. The number of nitriles is 1. The number of anilines is 1. The van der Waals surface area contributed by atoms with Gasteiger partial charge in [-0.1, -0.05) is 65.0 Å². The van der Waals surface area contributed by atoms with Crippen molar-refractivity contribution in [3.05, 3.63) is 154 Å². The molecule has 0 aliphatic carbocycles. The summed E-state index contributed by atoms with van der Waals surface area (Å²) in [5, 5.41) is 24.9. The Morgan fingerprint density at radius 3 is 1.95 bits per heavy atom. The van der Waals surface area contributed by atoms with Crippen LogP contribution in [0.15, 0.2) is 149 Å². The Hall–Kier alpha value is -5.96. The van der Waals surface area contributed by atoms with E-state index in [4.69, 9.17) is 0 Å². The number of nitrogens with one attached hydrogen (secondary N) is 2. The molecule has 7 heteroatoms. The van der Waals surface area contributed by atoms with E-state index in [2.05, 4.69) is 100 Å².